The highest BCUT2D eigenvalue weighted by molar-refractivity contribution is 5.91. The number of anilines is 1. The van der Waals surface area contributed by atoms with Crippen LogP contribution < -0.4 is 5.32 Å². The smallest absolute Gasteiger partial charge is 0.239 e. The van der Waals surface area contributed by atoms with Crippen molar-refractivity contribution in [2.24, 2.45) is 0 Å². The van der Waals surface area contributed by atoms with Gasteiger partial charge in [0.15, 0.2) is 17.3 Å². The van der Waals surface area contributed by atoms with E-state index in [0.29, 0.717) is 18.1 Å². The van der Waals surface area contributed by atoms with Gasteiger partial charge in [0.25, 0.3) is 0 Å². The molecule has 1 saturated heterocycles. The zero-order chi connectivity index (χ0) is 17.2. The Balaban J connectivity index is 1.39. The molecule has 1 unspecified atom stereocenters. The van der Waals surface area contributed by atoms with Crippen molar-refractivity contribution in [3.8, 4) is 0 Å². The molecule has 1 fully saturated rings. The molecule has 0 saturated carbocycles. The number of carbonyl (C=O) groups excluding carboxylic acids is 1. The van der Waals surface area contributed by atoms with Crippen LogP contribution in [0, 0.1) is 6.92 Å². The minimum Gasteiger partial charge on any atom is -0.440 e. The molecule has 1 amide bonds. The molecule has 7 nitrogen and oxygen atoms in total. The molecule has 0 spiro atoms. The number of piperidine rings is 1. The molecule has 1 atom stereocenters. The Morgan fingerprint density at radius 3 is 3.08 bits per heavy atom. The average Bonchev–Trinajstić information content (AvgIpc) is 3.21. The van der Waals surface area contributed by atoms with E-state index in [1.807, 2.05) is 24.3 Å². The first-order chi connectivity index (χ1) is 12.2. The number of oxazole rings is 1. The fourth-order valence-electron chi connectivity index (χ4n) is 3.28. The number of likely N-dealkylation sites (tertiary alicyclic amines) is 1. The molecule has 1 N–H and O–H groups in total. The number of hydrogen-bond acceptors (Lipinski definition) is 6. The van der Waals surface area contributed by atoms with Gasteiger partial charge in [-0.2, -0.15) is 0 Å². The van der Waals surface area contributed by atoms with E-state index in [9.17, 15) is 4.79 Å². The highest BCUT2D eigenvalue weighted by Crippen LogP contribution is 2.28. The van der Waals surface area contributed by atoms with Crippen LogP contribution in [0.25, 0.3) is 11.1 Å². The van der Waals surface area contributed by atoms with E-state index in [-0.39, 0.29) is 11.8 Å². The van der Waals surface area contributed by atoms with Gasteiger partial charge in [0.1, 0.15) is 11.3 Å². The summed E-state index contributed by atoms with van der Waals surface area (Å²) in [4.78, 5) is 18.9. The Bertz CT molecular complexity index is 852. The Hall–Kier alpha value is -2.67. The minimum atomic E-state index is -0.0912. The number of para-hydroxylation sites is 2. The van der Waals surface area contributed by atoms with Crippen molar-refractivity contribution in [1.82, 2.24) is 15.0 Å². The number of benzene rings is 1. The molecule has 4 rings (SSSR count). The second-order valence-electron chi connectivity index (χ2n) is 6.47. The second-order valence-corrected chi connectivity index (χ2v) is 6.47. The normalized spacial score (nSPS) is 18.5. The van der Waals surface area contributed by atoms with Crippen LogP contribution in [-0.4, -0.2) is 40.6 Å². The number of hydrogen-bond donors (Lipinski definition) is 1. The summed E-state index contributed by atoms with van der Waals surface area (Å²) in [7, 11) is 0. The summed E-state index contributed by atoms with van der Waals surface area (Å²) >= 11 is 0. The van der Waals surface area contributed by atoms with Crippen LogP contribution in [0.2, 0.25) is 0 Å². The predicted octanol–water partition coefficient (Wildman–Crippen LogP) is 2.94. The van der Waals surface area contributed by atoms with E-state index in [4.69, 9.17) is 8.94 Å². The first kappa shape index (κ1) is 15.8. The monoisotopic (exact) mass is 340 g/mol. The lowest BCUT2D eigenvalue weighted by atomic mass is 9.98. The second kappa shape index (κ2) is 6.68. The SMILES string of the molecule is Cc1cc(NC(=O)CN2CCCC(c3nc4ccccc4o3)C2)no1. The van der Waals surface area contributed by atoms with Gasteiger partial charge in [-0.3, -0.25) is 9.69 Å². The van der Waals surface area contributed by atoms with E-state index >= 15 is 0 Å². The van der Waals surface area contributed by atoms with Crippen molar-refractivity contribution in [1.29, 1.82) is 0 Å². The lowest BCUT2D eigenvalue weighted by Gasteiger charge is -2.30. The molecular formula is C18H20N4O3. The van der Waals surface area contributed by atoms with Gasteiger partial charge < -0.3 is 14.3 Å². The maximum atomic E-state index is 12.2. The molecule has 1 aliphatic heterocycles. The summed E-state index contributed by atoms with van der Waals surface area (Å²) in [6.07, 6.45) is 2.03. The summed E-state index contributed by atoms with van der Waals surface area (Å²) < 4.78 is 10.9. The van der Waals surface area contributed by atoms with E-state index in [1.165, 1.54) is 0 Å². The molecule has 1 aromatic carbocycles. The molecule has 130 valence electrons. The van der Waals surface area contributed by atoms with E-state index in [2.05, 4.69) is 20.4 Å². The lowest BCUT2D eigenvalue weighted by molar-refractivity contribution is -0.117. The number of nitrogens with zero attached hydrogens (tertiary/aromatic N) is 3. The number of amides is 1. The van der Waals surface area contributed by atoms with E-state index in [1.54, 1.807) is 13.0 Å². The van der Waals surface area contributed by atoms with Crippen LogP contribution in [0.3, 0.4) is 0 Å². The zero-order valence-corrected chi connectivity index (χ0v) is 14.1. The Morgan fingerprint density at radius 1 is 1.40 bits per heavy atom. The molecule has 25 heavy (non-hydrogen) atoms. The van der Waals surface area contributed by atoms with Crippen LogP contribution in [0.15, 0.2) is 39.3 Å². The van der Waals surface area contributed by atoms with Gasteiger partial charge >= 0.3 is 0 Å². The zero-order valence-electron chi connectivity index (χ0n) is 14.1. The van der Waals surface area contributed by atoms with Gasteiger partial charge in [0.05, 0.1) is 6.54 Å². The quantitative estimate of drug-likeness (QED) is 0.786. The van der Waals surface area contributed by atoms with Crippen LogP contribution >= 0.6 is 0 Å². The van der Waals surface area contributed by atoms with Crippen LogP contribution in [0.5, 0.6) is 0 Å². The molecule has 1 aliphatic rings. The number of aryl methyl sites for hydroxylation is 1. The first-order valence-electron chi connectivity index (χ1n) is 8.48. The molecule has 3 aromatic rings. The maximum absolute atomic E-state index is 12.2. The third kappa shape index (κ3) is 3.56. The largest absolute Gasteiger partial charge is 0.440 e. The van der Waals surface area contributed by atoms with Crippen molar-refractivity contribution in [2.75, 3.05) is 25.0 Å². The summed E-state index contributed by atoms with van der Waals surface area (Å²) in [5, 5.41) is 6.55. The molecule has 0 aliphatic carbocycles. The van der Waals surface area contributed by atoms with Crippen LogP contribution in [0.4, 0.5) is 5.82 Å². The van der Waals surface area contributed by atoms with Gasteiger partial charge in [-0.1, -0.05) is 17.3 Å². The van der Waals surface area contributed by atoms with Crippen LogP contribution in [0.1, 0.15) is 30.4 Å². The van der Waals surface area contributed by atoms with Crippen molar-refractivity contribution in [3.05, 3.63) is 42.0 Å². The summed E-state index contributed by atoms with van der Waals surface area (Å²) in [6, 6.07) is 9.49. The summed E-state index contributed by atoms with van der Waals surface area (Å²) in [5.74, 6) is 2.01. The van der Waals surface area contributed by atoms with E-state index in [0.717, 1.165) is 42.9 Å². The minimum absolute atomic E-state index is 0.0912. The maximum Gasteiger partial charge on any atom is 0.239 e. The highest BCUT2D eigenvalue weighted by Gasteiger charge is 2.26. The van der Waals surface area contributed by atoms with Crippen molar-refractivity contribution in [3.63, 3.8) is 0 Å². The van der Waals surface area contributed by atoms with Gasteiger partial charge in [-0.25, -0.2) is 4.98 Å². The fraction of sp³-hybridized carbons (Fsp3) is 0.389. The third-order valence-electron chi connectivity index (χ3n) is 4.43. The average molecular weight is 340 g/mol. The lowest BCUT2D eigenvalue weighted by Crippen LogP contribution is -2.39. The molecule has 3 heterocycles. The van der Waals surface area contributed by atoms with Crippen molar-refractivity contribution >= 4 is 22.8 Å². The number of carbonyl (C=O) groups is 1. The molecule has 2 aromatic heterocycles. The Labute approximate surface area is 145 Å². The van der Waals surface area contributed by atoms with Gasteiger partial charge in [0, 0.05) is 18.5 Å². The standard InChI is InChI=1S/C18H20N4O3/c1-12-9-16(21-25-12)20-17(23)11-22-8-4-5-13(10-22)18-19-14-6-2-3-7-15(14)24-18/h2-3,6-7,9,13H,4-5,8,10-11H2,1H3,(H,20,21,23). The fourth-order valence-corrected chi connectivity index (χ4v) is 3.28. The number of rotatable bonds is 4. The highest BCUT2D eigenvalue weighted by atomic mass is 16.5. The molecule has 0 bridgehead atoms. The molecule has 7 heteroatoms. The number of nitrogens with one attached hydrogen (secondary N) is 1. The van der Waals surface area contributed by atoms with Crippen LogP contribution in [-0.2, 0) is 4.79 Å². The van der Waals surface area contributed by atoms with Crippen molar-refractivity contribution in [2.45, 2.75) is 25.7 Å². The van der Waals surface area contributed by atoms with Crippen molar-refractivity contribution < 1.29 is 13.7 Å². The van der Waals surface area contributed by atoms with E-state index < -0.39 is 0 Å². The number of fused-ring (bicyclic) bond motifs is 1. The van der Waals surface area contributed by atoms with Gasteiger partial charge in [-0.05, 0) is 38.4 Å². The summed E-state index contributed by atoms with van der Waals surface area (Å²) in [5.41, 5.74) is 1.70. The first-order valence-corrected chi connectivity index (χ1v) is 8.48. The predicted molar refractivity (Wildman–Crippen MR) is 92.3 cm³/mol. The van der Waals surface area contributed by atoms with Gasteiger partial charge in [-0.15, -0.1) is 0 Å². The third-order valence-corrected chi connectivity index (χ3v) is 4.43. The Kier molecular flexibility index (Phi) is 4.23. The Morgan fingerprint density at radius 2 is 2.28 bits per heavy atom. The molecular weight excluding hydrogens is 320 g/mol. The summed E-state index contributed by atoms with van der Waals surface area (Å²) in [6.45, 7) is 3.76. The topological polar surface area (TPSA) is 84.4 Å². The molecule has 0 radical (unpaired) electrons. The van der Waals surface area contributed by atoms with Gasteiger partial charge in [0.2, 0.25) is 5.91 Å². The number of aromatic nitrogens is 2.